The van der Waals surface area contributed by atoms with E-state index in [1.54, 1.807) is 7.11 Å². The molecule has 2 atom stereocenters. The summed E-state index contributed by atoms with van der Waals surface area (Å²) in [5.41, 5.74) is 0.886. The van der Waals surface area contributed by atoms with Crippen LogP contribution in [0, 0.1) is 0 Å². The number of β-amino-alcohol motifs (C(OH)–C–C–N with tert-alkyl or cyclic N) is 1. The molecule has 134 valence electrons. The van der Waals surface area contributed by atoms with Gasteiger partial charge in [-0.3, -0.25) is 4.90 Å². The first-order chi connectivity index (χ1) is 12.2. The van der Waals surface area contributed by atoms with E-state index in [9.17, 15) is 5.11 Å². The predicted octanol–water partition coefficient (Wildman–Crippen LogP) is 2.87. The summed E-state index contributed by atoms with van der Waals surface area (Å²) in [4.78, 5) is 6.90. The average Bonchev–Trinajstić information content (AvgIpc) is 3.39. The SMILES string of the molecule is COc1cccc([C@@H](O)CN2CCC[C@@H](c3noc(C4CC4)n3)C2)c1. The lowest BCUT2D eigenvalue weighted by Gasteiger charge is -2.32. The summed E-state index contributed by atoms with van der Waals surface area (Å²) < 4.78 is 10.7. The van der Waals surface area contributed by atoms with E-state index in [2.05, 4.69) is 15.0 Å². The molecule has 1 saturated carbocycles. The lowest BCUT2D eigenvalue weighted by atomic mass is 9.96. The van der Waals surface area contributed by atoms with Gasteiger partial charge in [0.15, 0.2) is 5.82 Å². The van der Waals surface area contributed by atoms with Crippen molar-refractivity contribution in [2.45, 2.75) is 43.6 Å². The Morgan fingerprint density at radius 1 is 1.32 bits per heavy atom. The van der Waals surface area contributed by atoms with Crippen LogP contribution in [-0.2, 0) is 0 Å². The van der Waals surface area contributed by atoms with Crippen molar-refractivity contribution in [3.63, 3.8) is 0 Å². The molecule has 2 aliphatic rings. The molecule has 4 rings (SSSR count). The fourth-order valence-electron chi connectivity index (χ4n) is 3.54. The number of piperidine rings is 1. The standard InChI is InChI=1S/C19H25N3O3/c1-24-16-6-2-4-14(10-16)17(23)12-22-9-3-5-15(11-22)18-20-19(25-21-18)13-7-8-13/h2,4,6,10,13,15,17,23H,3,5,7-9,11-12H2,1H3/t15-,17+/m1/s1. The van der Waals surface area contributed by atoms with Crippen LogP contribution in [0.1, 0.15) is 60.9 Å². The Hall–Kier alpha value is -1.92. The maximum Gasteiger partial charge on any atom is 0.229 e. The van der Waals surface area contributed by atoms with Gasteiger partial charge in [0.1, 0.15) is 5.75 Å². The van der Waals surface area contributed by atoms with Gasteiger partial charge >= 0.3 is 0 Å². The number of benzene rings is 1. The number of hydrogen-bond donors (Lipinski definition) is 1. The number of aromatic nitrogens is 2. The number of hydrogen-bond acceptors (Lipinski definition) is 6. The number of methoxy groups -OCH3 is 1. The van der Waals surface area contributed by atoms with Gasteiger partial charge in [0.05, 0.1) is 13.2 Å². The van der Waals surface area contributed by atoms with Crippen molar-refractivity contribution in [2.75, 3.05) is 26.7 Å². The highest BCUT2D eigenvalue weighted by Gasteiger charge is 2.32. The predicted molar refractivity (Wildman–Crippen MR) is 92.6 cm³/mol. The zero-order valence-corrected chi connectivity index (χ0v) is 14.6. The summed E-state index contributed by atoms with van der Waals surface area (Å²) in [5, 5.41) is 14.8. The molecule has 0 unspecified atom stereocenters. The van der Waals surface area contributed by atoms with E-state index >= 15 is 0 Å². The van der Waals surface area contributed by atoms with Gasteiger partial charge in [-0.05, 0) is 49.9 Å². The van der Waals surface area contributed by atoms with Crippen molar-refractivity contribution in [1.82, 2.24) is 15.0 Å². The lowest BCUT2D eigenvalue weighted by molar-refractivity contribution is 0.0940. The van der Waals surface area contributed by atoms with Crippen molar-refractivity contribution >= 4 is 0 Å². The highest BCUT2D eigenvalue weighted by atomic mass is 16.5. The Balaban J connectivity index is 1.38. The van der Waals surface area contributed by atoms with Gasteiger partial charge < -0.3 is 14.4 Å². The van der Waals surface area contributed by atoms with Crippen molar-refractivity contribution in [3.05, 3.63) is 41.5 Å². The number of aliphatic hydroxyl groups is 1. The first-order valence-corrected chi connectivity index (χ1v) is 9.11. The quantitative estimate of drug-likeness (QED) is 0.869. The minimum Gasteiger partial charge on any atom is -0.497 e. The van der Waals surface area contributed by atoms with Gasteiger partial charge in [-0.25, -0.2) is 0 Å². The molecule has 2 fully saturated rings. The minimum atomic E-state index is -0.527. The third-order valence-electron chi connectivity index (χ3n) is 5.16. The van der Waals surface area contributed by atoms with Gasteiger partial charge in [0, 0.05) is 24.9 Å². The molecule has 2 aromatic rings. The summed E-state index contributed by atoms with van der Waals surface area (Å²) in [5.74, 6) is 3.21. The van der Waals surface area contributed by atoms with Crippen molar-refractivity contribution in [1.29, 1.82) is 0 Å². The summed E-state index contributed by atoms with van der Waals surface area (Å²) in [6, 6.07) is 7.64. The van der Waals surface area contributed by atoms with Crippen LogP contribution >= 0.6 is 0 Å². The zero-order valence-electron chi connectivity index (χ0n) is 14.6. The molecule has 1 aromatic heterocycles. The summed E-state index contributed by atoms with van der Waals surface area (Å²) in [7, 11) is 1.64. The van der Waals surface area contributed by atoms with Crippen LogP contribution in [0.4, 0.5) is 0 Å². The van der Waals surface area contributed by atoms with E-state index in [0.29, 0.717) is 18.4 Å². The van der Waals surface area contributed by atoms with E-state index in [1.807, 2.05) is 24.3 Å². The highest BCUT2D eigenvalue weighted by molar-refractivity contribution is 5.30. The number of aliphatic hydroxyl groups excluding tert-OH is 1. The molecule has 6 heteroatoms. The van der Waals surface area contributed by atoms with Gasteiger partial charge in [-0.1, -0.05) is 17.3 Å². The molecule has 2 heterocycles. The molecule has 6 nitrogen and oxygen atoms in total. The monoisotopic (exact) mass is 343 g/mol. The first-order valence-electron chi connectivity index (χ1n) is 9.11. The maximum absolute atomic E-state index is 10.6. The molecule has 1 saturated heterocycles. The Bertz CT molecular complexity index is 713. The normalized spacial score (nSPS) is 22.7. The molecular weight excluding hydrogens is 318 g/mol. The molecule has 1 aromatic carbocycles. The van der Waals surface area contributed by atoms with E-state index in [-0.39, 0.29) is 0 Å². The fraction of sp³-hybridized carbons (Fsp3) is 0.579. The third kappa shape index (κ3) is 3.85. The fourth-order valence-corrected chi connectivity index (χ4v) is 3.54. The minimum absolute atomic E-state index is 0.294. The third-order valence-corrected chi connectivity index (χ3v) is 5.16. The number of likely N-dealkylation sites (tertiary alicyclic amines) is 1. The second-order valence-electron chi connectivity index (χ2n) is 7.16. The molecule has 0 bridgehead atoms. The Kier molecular flexibility index (Phi) is 4.72. The first kappa shape index (κ1) is 16.5. The molecule has 0 amide bonds. The topological polar surface area (TPSA) is 71.6 Å². The highest BCUT2D eigenvalue weighted by Crippen LogP contribution is 2.39. The van der Waals surface area contributed by atoms with Crippen molar-refractivity contribution < 1.29 is 14.4 Å². The van der Waals surface area contributed by atoms with E-state index in [0.717, 1.165) is 49.0 Å². The molecular formula is C19H25N3O3. The van der Waals surface area contributed by atoms with Crippen molar-refractivity contribution in [2.24, 2.45) is 0 Å². The molecule has 1 aliphatic heterocycles. The van der Waals surface area contributed by atoms with Crippen LogP contribution in [0.25, 0.3) is 0 Å². The Labute approximate surface area is 147 Å². The van der Waals surface area contributed by atoms with Crippen LogP contribution in [0.5, 0.6) is 5.75 Å². The van der Waals surface area contributed by atoms with Crippen LogP contribution in [0.15, 0.2) is 28.8 Å². The molecule has 1 aliphatic carbocycles. The summed E-state index contributed by atoms with van der Waals surface area (Å²) >= 11 is 0. The number of rotatable bonds is 6. The Morgan fingerprint density at radius 3 is 3.00 bits per heavy atom. The molecule has 25 heavy (non-hydrogen) atoms. The lowest BCUT2D eigenvalue weighted by Crippen LogP contribution is -2.37. The Morgan fingerprint density at radius 2 is 2.20 bits per heavy atom. The van der Waals surface area contributed by atoms with Gasteiger partial charge in [0.2, 0.25) is 5.89 Å². The van der Waals surface area contributed by atoms with Crippen LogP contribution < -0.4 is 4.74 Å². The van der Waals surface area contributed by atoms with Gasteiger partial charge in [-0.2, -0.15) is 4.98 Å². The second-order valence-corrected chi connectivity index (χ2v) is 7.16. The van der Waals surface area contributed by atoms with Crippen LogP contribution in [-0.4, -0.2) is 46.9 Å². The van der Waals surface area contributed by atoms with Crippen LogP contribution in [0.3, 0.4) is 0 Å². The summed E-state index contributed by atoms with van der Waals surface area (Å²) in [6.45, 7) is 2.46. The average molecular weight is 343 g/mol. The molecule has 1 N–H and O–H groups in total. The van der Waals surface area contributed by atoms with Crippen molar-refractivity contribution in [3.8, 4) is 5.75 Å². The van der Waals surface area contributed by atoms with E-state index < -0.39 is 6.10 Å². The maximum atomic E-state index is 10.6. The molecule has 0 radical (unpaired) electrons. The van der Waals surface area contributed by atoms with E-state index in [4.69, 9.17) is 9.26 Å². The van der Waals surface area contributed by atoms with E-state index in [1.165, 1.54) is 12.8 Å². The van der Waals surface area contributed by atoms with Gasteiger partial charge in [0.25, 0.3) is 0 Å². The summed E-state index contributed by atoms with van der Waals surface area (Å²) in [6.07, 6.45) is 3.98. The number of nitrogens with zero attached hydrogens (tertiary/aromatic N) is 3. The number of ether oxygens (including phenoxy) is 1. The smallest absolute Gasteiger partial charge is 0.229 e. The van der Waals surface area contributed by atoms with Crippen LogP contribution in [0.2, 0.25) is 0 Å². The largest absolute Gasteiger partial charge is 0.497 e. The van der Waals surface area contributed by atoms with Gasteiger partial charge in [-0.15, -0.1) is 0 Å². The molecule has 0 spiro atoms. The second kappa shape index (κ2) is 7.14. The zero-order chi connectivity index (χ0) is 17.2.